The van der Waals surface area contributed by atoms with Crippen LogP contribution in [0, 0.1) is 6.92 Å². The Hall–Kier alpha value is -2.82. The number of ether oxygens (including phenoxy) is 1. The second-order valence-electron chi connectivity index (χ2n) is 6.45. The van der Waals surface area contributed by atoms with E-state index in [0.717, 1.165) is 12.8 Å². The number of aryl methyl sites for hydroxylation is 2. The summed E-state index contributed by atoms with van der Waals surface area (Å²) in [6, 6.07) is 14.8. The average Bonchev–Trinajstić information content (AvgIpc) is 2.63. The van der Waals surface area contributed by atoms with Gasteiger partial charge >= 0.3 is 5.97 Å². The zero-order chi connectivity index (χ0) is 19.1. The van der Waals surface area contributed by atoms with Crippen molar-refractivity contribution in [3.05, 3.63) is 65.2 Å². The quantitative estimate of drug-likeness (QED) is 0.747. The van der Waals surface area contributed by atoms with Crippen LogP contribution in [-0.2, 0) is 16.0 Å². The van der Waals surface area contributed by atoms with E-state index in [1.807, 2.05) is 37.3 Å². The van der Waals surface area contributed by atoms with Gasteiger partial charge in [-0.15, -0.1) is 0 Å². The number of hydrogen-bond acceptors (Lipinski definition) is 4. The molecule has 0 aromatic heterocycles. The highest BCUT2D eigenvalue weighted by Crippen LogP contribution is 2.22. The van der Waals surface area contributed by atoms with E-state index in [4.69, 9.17) is 4.74 Å². The summed E-state index contributed by atoms with van der Waals surface area (Å²) in [5.41, 5.74) is 1.84. The van der Waals surface area contributed by atoms with Crippen LogP contribution in [0.2, 0.25) is 0 Å². The highest BCUT2D eigenvalue weighted by molar-refractivity contribution is 5.94. The Balaban J connectivity index is 1.84. The number of phenolic OH excluding ortho intramolecular Hbond substituents is 1. The summed E-state index contributed by atoms with van der Waals surface area (Å²) in [5, 5.41) is 12.8. The number of nitrogens with one attached hydrogen (secondary N) is 1. The number of rotatable bonds is 7. The lowest BCUT2D eigenvalue weighted by Gasteiger charge is -2.18. The number of carbonyl (C=O) groups excluding carboxylic acids is 2. The molecule has 2 aromatic carbocycles. The van der Waals surface area contributed by atoms with E-state index in [2.05, 4.69) is 5.32 Å². The fourth-order valence-electron chi connectivity index (χ4n) is 2.56. The fraction of sp³-hybridized carbons (Fsp3) is 0.333. The molecule has 0 spiro atoms. The van der Waals surface area contributed by atoms with Gasteiger partial charge in [-0.05, 0) is 50.8 Å². The van der Waals surface area contributed by atoms with Gasteiger partial charge in [-0.1, -0.05) is 42.5 Å². The van der Waals surface area contributed by atoms with Crippen molar-refractivity contribution in [3.63, 3.8) is 0 Å². The summed E-state index contributed by atoms with van der Waals surface area (Å²) in [5.74, 6) is -1.20. The zero-order valence-electron chi connectivity index (χ0n) is 15.4. The van der Waals surface area contributed by atoms with Crippen molar-refractivity contribution in [3.8, 4) is 5.75 Å². The van der Waals surface area contributed by atoms with Crippen molar-refractivity contribution in [1.82, 2.24) is 5.32 Å². The van der Waals surface area contributed by atoms with Crippen LogP contribution >= 0.6 is 0 Å². The lowest BCUT2D eigenvalue weighted by molar-refractivity contribution is -0.129. The second kappa shape index (κ2) is 9.04. The van der Waals surface area contributed by atoms with Crippen LogP contribution in [0.5, 0.6) is 5.75 Å². The number of benzene rings is 2. The third kappa shape index (κ3) is 5.34. The first kappa shape index (κ1) is 19.5. The van der Waals surface area contributed by atoms with E-state index in [-0.39, 0.29) is 23.3 Å². The van der Waals surface area contributed by atoms with Gasteiger partial charge < -0.3 is 15.2 Å². The molecule has 5 heteroatoms. The Bertz CT molecular complexity index is 758. The van der Waals surface area contributed by atoms with E-state index in [1.165, 1.54) is 18.6 Å². The molecule has 2 rings (SSSR count). The molecule has 0 unspecified atom stereocenters. The molecular formula is C21H25NO4. The SMILES string of the molecule is Cc1cccc(C(=O)O[C@H](C)C(=O)N[C@H](C)CCc2ccccc2)c1O. The fourth-order valence-corrected chi connectivity index (χ4v) is 2.56. The number of hydrogen-bond donors (Lipinski definition) is 2. The largest absolute Gasteiger partial charge is 0.507 e. The maximum atomic E-state index is 12.2. The van der Waals surface area contributed by atoms with Crippen LogP contribution in [0.15, 0.2) is 48.5 Å². The molecule has 0 fully saturated rings. The minimum Gasteiger partial charge on any atom is -0.507 e. The van der Waals surface area contributed by atoms with Gasteiger partial charge in [0.25, 0.3) is 5.91 Å². The van der Waals surface area contributed by atoms with Crippen LogP contribution in [0.25, 0.3) is 0 Å². The number of amides is 1. The monoisotopic (exact) mass is 355 g/mol. The molecule has 0 aliphatic heterocycles. The normalized spacial score (nSPS) is 12.9. The maximum Gasteiger partial charge on any atom is 0.342 e. The van der Waals surface area contributed by atoms with Crippen molar-refractivity contribution < 1.29 is 19.4 Å². The molecule has 5 nitrogen and oxygen atoms in total. The van der Waals surface area contributed by atoms with Gasteiger partial charge in [0.15, 0.2) is 6.10 Å². The number of phenols is 1. The number of esters is 1. The zero-order valence-corrected chi connectivity index (χ0v) is 15.4. The Morgan fingerprint density at radius 2 is 1.77 bits per heavy atom. The van der Waals surface area contributed by atoms with Crippen molar-refractivity contribution in [1.29, 1.82) is 0 Å². The predicted octanol–water partition coefficient (Wildman–Crippen LogP) is 3.38. The average molecular weight is 355 g/mol. The topological polar surface area (TPSA) is 75.6 Å². The summed E-state index contributed by atoms with van der Waals surface area (Å²) >= 11 is 0. The standard InChI is InChI=1S/C21H25NO4/c1-14-8-7-11-18(19(14)23)21(25)26-16(3)20(24)22-15(2)12-13-17-9-5-4-6-10-17/h4-11,15-16,23H,12-13H2,1-3H3,(H,22,24)/t15-,16-/m1/s1. The Labute approximate surface area is 154 Å². The van der Waals surface area contributed by atoms with Gasteiger partial charge in [-0.3, -0.25) is 4.79 Å². The first-order chi connectivity index (χ1) is 12.4. The van der Waals surface area contributed by atoms with Crippen LogP contribution in [0.3, 0.4) is 0 Å². The molecule has 2 aromatic rings. The molecule has 26 heavy (non-hydrogen) atoms. The second-order valence-corrected chi connectivity index (χ2v) is 6.45. The summed E-state index contributed by atoms with van der Waals surface area (Å²) in [6.45, 7) is 5.13. The minimum atomic E-state index is -0.943. The van der Waals surface area contributed by atoms with E-state index < -0.39 is 12.1 Å². The van der Waals surface area contributed by atoms with Crippen molar-refractivity contribution in [2.24, 2.45) is 0 Å². The van der Waals surface area contributed by atoms with Crippen LogP contribution in [-0.4, -0.2) is 29.1 Å². The molecule has 0 aliphatic carbocycles. The van der Waals surface area contributed by atoms with Crippen LogP contribution in [0.4, 0.5) is 0 Å². The molecule has 0 aliphatic rings. The molecule has 1 amide bonds. The van der Waals surface area contributed by atoms with Crippen molar-refractivity contribution >= 4 is 11.9 Å². The summed E-state index contributed by atoms with van der Waals surface area (Å²) in [6.07, 6.45) is 0.699. The number of carbonyl (C=O) groups is 2. The lowest BCUT2D eigenvalue weighted by Crippen LogP contribution is -2.41. The Morgan fingerprint density at radius 1 is 1.08 bits per heavy atom. The molecule has 2 N–H and O–H groups in total. The third-order valence-corrected chi connectivity index (χ3v) is 4.21. The maximum absolute atomic E-state index is 12.2. The summed E-state index contributed by atoms with van der Waals surface area (Å²) < 4.78 is 5.19. The Morgan fingerprint density at radius 3 is 2.46 bits per heavy atom. The van der Waals surface area contributed by atoms with E-state index >= 15 is 0 Å². The summed E-state index contributed by atoms with van der Waals surface area (Å²) in [4.78, 5) is 24.4. The van der Waals surface area contributed by atoms with Gasteiger partial charge in [0.1, 0.15) is 11.3 Å². The third-order valence-electron chi connectivity index (χ3n) is 4.21. The molecule has 2 atom stereocenters. The smallest absolute Gasteiger partial charge is 0.342 e. The first-order valence-electron chi connectivity index (χ1n) is 8.72. The number of aromatic hydroxyl groups is 1. The molecular weight excluding hydrogens is 330 g/mol. The molecule has 0 heterocycles. The molecule has 0 saturated heterocycles. The highest BCUT2D eigenvalue weighted by Gasteiger charge is 2.22. The molecule has 0 radical (unpaired) electrons. The van der Waals surface area contributed by atoms with Gasteiger partial charge in [0.2, 0.25) is 0 Å². The van der Waals surface area contributed by atoms with Crippen molar-refractivity contribution in [2.75, 3.05) is 0 Å². The van der Waals surface area contributed by atoms with Crippen molar-refractivity contribution in [2.45, 2.75) is 45.8 Å². The Kier molecular flexibility index (Phi) is 6.78. The minimum absolute atomic E-state index is 0.0452. The summed E-state index contributed by atoms with van der Waals surface area (Å²) in [7, 11) is 0. The van der Waals surface area contributed by atoms with Gasteiger partial charge in [-0.2, -0.15) is 0 Å². The predicted molar refractivity (Wildman–Crippen MR) is 100 cm³/mol. The highest BCUT2D eigenvalue weighted by atomic mass is 16.5. The van der Waals surface area contributed by atoms with Crippen LogP contribution < -0.4 is 5.32 Å². The number of para-hydroxylation sites is 1. The lowest BCUT2D eigenvalue weighted by atomic mass is 10.1. The molecule has 138 valence electrons. The van der Waals surface area contributed by atoms with Gasteiger partial charge in [0, 0.05) is 6.04 Å². The molecule has 0 saturated carbocycles. The van der Waals surface area contributed by atoms with E-state index in [1.54, 1.807) is 19.1 Å². The molecule has 0 bridgehead atoms. The van der Waals surface area contributed by atoms with E-state index in [9.17, 15) is 14.7 Å². The van der Waals surface area contributed by atoms with E-state index in [0.29, 0.717) is 5.56 Å². The first-order valence-corrected chi connectivity index (χ1v) is 8.72. The van der Waals surface area contributed by atoms with Gasteiger partial charge in [-0.25, -0.2) is 4.79 Å². The van der Waals surface area contributed by atoms with Gasteiger partial charge in [0.05, 0.1) is 0 Å². The van der Waals surface area contributed by atoms with Crippen LogP contribution in [0.1, 0.15) is 41.8 Å².